The van der Waals surface area contributed by atoms with E-state index in [9.17, 15) is 0 Å². The Morgan fingerprint density at radius 3 is 2.42 bits per heavy atom. The lowest BCUT2D eigenvalue weighted by atomic mass is 10.1. The van der Waals surface area contributed by atoms with E-state index in [1.165, 1.54) is 5.69 Å². The molecule has 0 spiro atoms. The van der Waals surface area contributed by atoms with Crippen LogP contribution in [0.2, 0.25) is 0 Å². The van der Waals surface area contributed by atoms with Gasteiger partial charge in [-0.15, -0.1) is 0 Å². The number of nitriles is 1. The van der Waals surface area contributed by atoms with Crippen LogP contribution >= 0.6 is 0 Å². The van der Waals surface area contributed by atoms with Crippen molar-refractivity contribution in [3.63, 3.8) is 0 Å². The number of benzene rings is 1. The van der Waals surface area contributed by atoms with Crippen molar-refractivity contribution in [2.75, 3.05) is 49.7 Å². The summed E-state index contributed by atoms with van der Waals surface area (Å²) in [5.41, 5.74) is 9.79. The molecule has 4 N–H and O–H groups in total. The van der Waals surface area contributed by atoms with E-state index in [-0.39, 0.29) is 11.5 Å². The number of hydrogen-bond acceptors (Lipinski definition) is 7. The van der Waals surface area contributed by atoms with Crippen molar-refractivity contribution in [2.45, 2.75) is 6.04 Å². The molecule has 2 heterocycles. The van der Waals surface area contributed by atoms with Gasteiger partial charge in [-0.3, -0.25) is 15.7 Å². The highest BCUT2D eigenvalue weighted by molar-refractivity contribution is 6.45. The van der Waals surface area contributed by atoms with Crippen molar-refractivity contribution in [3.05, 3.63) is 24.3 Å². The van der Waals surface area contributed by atoms with Crippen molar-refractivity contribution in [2.24, 2.45) is 10.8 Å². The summed E-state index contributed by atoms with van der Waals surface area (Å²) in [7, 11) is 0. The summed E-state index contributed by atoms with van der Waals surface area (Å²) in [6, 6.07) is 10.2. The average Bonchev–Trinajstić information content (AvgIpc) is 2.55. The van der Waals surface area contributed by atoms with E-state index < -0.39 is 0 Å². The Morgan fingerprint density at radius 2 is 1.92 bits per heavy atom. The molecule has 0 saturated carbocycles. The SMILES string of the molecule is N#C/C(=N\Nc1ccc(N2CCN(C3COC3)CC2)cc1)C(=N)N. The topological polar surface area (TPSA) is 114 Å². The van der Waals surface area contributed by atoms with Gasteiger partial charge in [0.1, 0.15) is 6.07 Å². The number of nitrogens with two attached hydrogens (primary N) is 1. The van der Waals surface area contributed by atoms with Gasteiger partial charge in [-0.05, 0) is 24.3 Å². The molecule has 2 aliphatic heterocycles. The normalized spacial score (nSPS) is 19.5. The van der Waals surface area contributed by atoms with Crippen LogP contribution in [0.3, 0.4) is 0 Å². The quantitative estimate of drug-likeness (QED) is 0.411. The molecule has 2 fully saturated rings. The number of nitrogens with zero attached hydrogens (tertiary/aromatic N) is 4. The molecule has 2 saturated heterocycles. The highest BCUT2D eigenvalue weighted by atomic mass is 16.5. The molecule has 1 aromatic rings. The van der Waals surface area contributed by atoms with Gasteiger partial charge in [-0.2, -0.15) is 10.4 Å². The van der Waals surface area contributed by atoms with E-state index in [1.54, 1.807) is 6.07 Å². The Balaban J connectivity index is 1.55. The van der Waals surface area contributed by atoms with Crippen LogP contribution in [0.1, 0.15) is 0 Å². The molecule has 0 unspecified atom stereocenters. The maximum atomic E-state index is 8.81. The maximum Gasteiger partial charge on any atom is 0.201 e. The van der Waals surface area contributed by atoms with E-state index in [0.29, 0.717) is 6.04 Å². The number of ether oxygens (including phenoxy) is 1. The zero-order valence-corrected chi connectivity index (χ0v) is 13.4. The molecule has 3 rings (SSSR count). The lowest BCUT2D eigenvalue weighted by molar-refractivity contribution is -0.0660. The molecule has 0 aliphatic carbocycles. The molecular formula is C16H21N7O. The molecule has 8 nitrogen and oxygen atoms in total. The minimum atomic E-state index is -0.351. The first-order valence-electron chi connectivity index (χ1n) is 7.92. The molecule has 24 heavy (non-hydrogen) atoms. The van der Waals surface area contributed by atoms with Crippen LogP contribution < -0.4 is 16.1 Å². The molecule has 0 amide bonds. The van der Waals surface area contributed by atoms with Crippen LogP contribution in [0, 0.1) is 16.7 Å². The Morgan fingerprint density at radius 1 is 1.25 bits per heavy atom. The highest BCUT2D eigenvalue weighted by Gasteiger charge is 2.28. The fourth-order valence-electron chi connectivity index (χ4n) is 2.79. The zero-order chi connectivity index (χ0) is 16.9. The monoisotopic (exact) mass is 327 g/mol. The highest BCUT2D eigenvalue weighted by Crippen LogP contribution is 2.21. The van der Waals surface area contributed by atoms with Crippen molar-refractivity contribution >= 4 is 22.9 Å². The Kier molecular flexibility index (Phi) is 4.93. The van der Waals surface area contributed by atoms with Gasteiger partial charge >= 0.3 is 0 Å². The molecule has 0 bridgehead atoms. The van der Waals surface area contributed by atoms with Gasteiger partial charge in [0.2, 0.25) is 5.71 Å². The predicted octanol–water partition coefficient (Wildman–Crippen LogP) is 0.435. The van der Waals surface area contributed by atoms with E-state index >= 15 is 0 Å². The minimum Gasteiger partial charge on any atom is -0.382 e. The van der Waals surface area contributed by atoms with Crippen molar-refractivity contribution in [1.29, 1.82) is 10.7 Å². The predicted molar refractivity (Wildman–Crippen MR) is 93.4 cm³/mol. The van der Waals surface area contributed by atoms with Gasteiger partial charge in [0.05, 0.1) is 24.9 Å². The third kappa shape index (κ3) is 3.64. The first kappa shape index (κ1) is 16.2. The summed E-state index contributed by atoms with van der Waals surface area (Å²) in [5, 5.41) is 19.9. The summed E-state index contributed by atoms with van der Waals surface area (Å²) < 4.78 is 5.26. The molecule has 2 aliphatic rings. The van der Waals surface area contributed by atoms with E-state index in [4.69, 9.17) is 21.1 Å². The third-order valence-corrected chi connectivity index (χ3v) is 4.34. The van der Waals surface area contributed by atoms with E-state index in [0.717, 1.165) is 45.1 Å². The van der Waals surface area contributed by atoms with Crippen LogP contribution in [0.25, 0.3) is 0 Å². The van der Waals surface area contributed by atoms with Gasteiger partial charge in [-0.1, -0.05) is 0 Å². The molecule has 0 radical (unpaired) electrons. The van der Waals surface area contributed by atoms with Crippen LogP contribution in [0.4, 0.5) is 11.4 Å². The van der Waals surface area contributed by atoms with Gasteiger partial charge in [-0.25, -0.2) is 0 Å². The lowest BCUT2D eigenvalue weighted by Crippen LogP contribution is -2.56. The molecular weight excluding hydrogens is 306 g/mol. The van der Waals surface area contributed by atoms with Crippen LogP contribution in [-0.4, -0.2) is 61.9 Å². The second kappa shape index (κ2) is 7.29. The van der Waals surface area contributed by atoms with Gasteiger partial charge in [0, 0.05) is 31.9 Å². The largest absolute Gasteiger partial charge is 0.382 e. The van der Waals surface area contributed by atoms with Crippen LogP contribution in [-0.2, 0) is 4.74 Å². The summed E-state index contributed by atoms with van der Waals surface area (Å²) in [4.78, 5) is 4.86. The van der Waals surface area contributed by atoms with Crippen molar-refractivity contribution < 1.29 is 4.74 Å². The van der Waals surface area contributed by atoms with Crippen molar-refractivity contribution in [3.8, 4) is 6.07 Å². The number of rotatable bonds is 5. The first-order valence-corrected chi connectivity index (χ1v) is 7.92. The zero-order valence-electron chi connectivity index (χ0n) is 13.4. The molecule has 1 aromatic carbocycles. The standard InChI is InChI=1S/C16H21N7O/c17-9-15(16(18)19)21-20-12-1-3-13(4-2-12)22-5-7-23(8-6-22)14-10-24-11-14/h1-4,14,20H,5-8,10-11H2,(H3,18,19)/b21-15+. The molecule has 0 atom stereocenters. The van der Waals surface area contributed by atoms with E-state index in [1.807, 2.05) is 24.3 Å². The second-order valence-electron chi connectivity index (χ2n) is 5.86. The number of hydrogen-bond donors (Lipinski definition) is 3. The van der Waals surface area contributed by atoms with E-state index in [2.05, 4.69) is 20.3 Å². The smallest absolute Gasteiger partial charge is 0.201 e. The van der Waals surface area contributed by atoms with Gasteiger partial charge < -0.3 is 15.4 Å². The fraction of sp³-hybridized carbons (Fsp3) is 0.438. The summed E-state index contributed by atoms with van der Waals surface area (Å²) in [5.74, 6) is -0.351. The number of hydrazone groups is 1. The first-order chi connectivity index (χ1) is 11.7. The van der Waals surface area contributed by atoms with Crippen LogP contribution in [0.5, 0.6) is 0 Å². The summed E-state index contributed by atoms with van der Waals surface area (Å²) in [6.45, 7) is 5.86. The maximum absolute atomic E-state index is 8.81. The number of piperazine rings is 1. The Hall–Kier alpha value is -2.63. The van der Waals surface area contributed by atoms with Crippen molar-refractivity contribution in [1.82, 2.24) is 4.90 Å². The minimum absolute atomic E-state index is 0.129. The van der Waals surface area contributed by atoms with Gasteiger partial charge in [0.15, 0.2) is 5.84 Å². The number of anilines is 2. The average molecular weight is 327 g/mol. The summed E-state index contributed by atoms with van der Waals surface area (Å²) in [6.07, 6.45) is 0. The van der Waals surface area contributed by atoms with Crippen LogP contribution in [0.15, 0.2) is 29.4 Å². The molecule has 126 valence electrons. The number of amidine groups is 1. The lowest BCUT2D eigenvalue weighted by Gasteiger charge is -2.43. The summed E-state index contributed by atoms with van der Waals surface area (Å²) >= 11 is 0. The Labute approximate surface area is 141 Å². The fourth-order valence-corrected chi connectivity index (χ4v) is 2.79. The Bertz CT molecular complexity index is 652. The third-order valence-electron chi connectivity index (χ3n) is 4.34. The molecule has 8 heteroatoms. The number of nitrogens with one attached hydrogen (secondary N) is 2. The van der Waals surface area contributed by atoms with Gasteiger partial charge in [0.25, 0.3) is 0 Å². The molecule has 0 aromatic heterocycles. The second-order valence-corrected chi connectivity index (χ2v) is 5.86.